The quantitative estimate of drug-likeness (QED) is 0.348. The van der Waals surface area contributed by atoms with E-state index in [1.54, 1.807) is 0 Å². The Balaban J connectivity index is 0.00000240. The van der Waals surface area contributed by atoms with E-state index in [4.69, 9.17) is 0 Å². The van der Waals surface area contributed by atoms with E-state index in [-0.39, 0.29) is 24.0 Å². The summed E-state index contributed by atoms with van der Waals surface area (Å²) >= 11 is 0. The lowest BCUT2D eigenvalue weighted by molar-refractivity contribution is 0.242. The molecule has 0 aromatic heterocycles. The van der Waals surface area contributed by atoms with Crippen LogP contribution in [0.15, 0.2) is 29.3 Å². The van der Waals surface area contributed by atoms with Crippen molar-refractivity contribution in [3.63, 3.8) is 0 Å². The molecular weight excluding hydrogens is 473 g/mol. The van der Waals surface area contributed by atoms with Gasteiger partial charge in [-0.1, -0.05) is 37.1 Å². The van der Waals surface area contributed by atoms with Gasteiger partial charge in [0.1, 0.15) is 0 Å². The van der Waals surface area contributed by atoms with Crippen molar-refractivity contribution < 1.29 is 0 Å². The molecule has 2 aliphatic heterocycles. The van der Waals surface area contributed by atoms with E-state index in [9.17, 15) is 0 Å². The molecule has 0 amide bonds. The van der Waals surface area contributed by atoms with Gasteiger partial charge in [-0.15, -0.1) is 24.0 Å². The second-order valence-electron chi connectivity index (χ2n) is 8.79. The molecule has 3 aliphatic rings. The topological polar surface area (TPSA) is 42.9 Å². The van der Waals surface area contributed by atoms with Gasteiger partial charge in [-0.3, -0.25) is 14.8 Å². The maximum atomic E-state index is 4.44. The first-order valence-electron chi connectivity index (χ1n) is 11.3. The Morgan fingerprint density at radius 3 is 2.34 bits per heavy atom. The lowest BCUT2D eigenvalue weighted by atomic mass is 10.1. The second-order valence-corrected chi connectivity index (χ2v) is 8.79. The molecule has 162 valence electrons. The van der Waals surface area contributed by atoms with Crippen LogP contribution < -0.4 is 10.6 Å². The molecule has 1 aliphatic carbocycles. The molecule has 2 saturated heterocycles. The van der Waals surface area contributed by atoms with Gasteiger partial charge in [0.15, 0.2) is 5.96 Å². The number of nitrogens with zero attached hydrogens (tertiary/aromatic N) is 3. The predicted molar refractivity (Wildman–Crippen MR) is 132 cm³/mol. The molecule has 2 N–H and O–H groups in total. The SMILES string of the molecule is CN=C(NCc1ccc(CN2CCCC2)cc1)NC1CCN(C2CCCC2)C1.I. The minimum atomic E-state index is 0. The highest BCUT2D eigenvalue weighted by molar-refractivity contribution is 14.0. The van der Waals surface area contributed by atoms with E-state index < -0.39 is 0 Å². The normalized spacial score (nSPS) is 24.0. The summed E-state index contributed by atoms with van der Waals surface area (Å²) in [6, 6.07) is 10.4. The predicted octanol–water partition coefficient (Wildman–Crippen LogP) is 3.58. The second kappa shape index (κ2) is 11.5. The highest BCUT2D eigenvalue weighted by Gasteiger charge is 2.30. The Morgan fingerprint density at radius 1 is 0.966 bits per heavy atom. The number of aliphatic imine (C=N–C) groups is 1. The molecule has 29 heavy (non-hydrogen) atoms. The zero-order valence-electron chi connectivity index (χ0n) is 17.9. The Hall–Kier alpha value is -0.860. The minimum Gasteiger partial charge on any atom is -0.352 e. The molecule has 0 spiro atoms. The molecule has 6 heteroatoms. The fraction of sp³-hybridized carbons (Fsp3) is 0.696. The van der Waals surface area contributed by atoms with Gasteiger partial charge in [-0.2, -0.15) is 0 Å². The number of hydrogen-bond acceptors (Lipinski definition) is 3. The van der Waals surface area contributed by atoms with Gasteiger partial charge < -0.3 is 10.6 Å². The van der Waals surface area contributed by atoms with Crippen LogP contribution in [0.3, 0.4) is 0 Å². The van der Waals surface area contributed by atoms with Crippen LogP contribution >= 0.6 is 24.0 Å². The van der Waals surface area contributed by atoms with Gasteiger partial charge >= 0.3 is 0 Å². The lowest BCUT2D eigenvalue weighted by Crippen LogP contribution is -2.45. The molecule has 1 aromatic rings. The van der Waals surface area contributed by atoms with Crippen LogP contribution in [-0.2, 0) is 13.1 Å². The monoisotopic (exact) mass is 511 g/mol. The highest BCUT2D eigenvalue weighted by atomic mass is 127. The molecular formula is C23H38IN5. The van der Waals surface area contributed by atoms with Crippen molar-refractivity contribution in [2.24, 2.45) is 4.99 Å². The van der Waals surface area contributed by atoms with Gasteiger partial charge in [0.05, 0.1) is 0 Å². The number of halogens is 1. The summed E-state index contributed by atoms with van der Waals surface area (Å²) in [4.78, 5) is 9.69. The maximum Gasteiger partial charge on any atom is 0.191 e. The molecule has 0 bridgehead atoms. The summed E-state index contributed by atoms with van der Waals surface area (Å²) in [5.74, 6) is 0.930. The molecule has 2 heterocycles. The van der Waals surface area contributed by atoms with Gasteiger partial charge in [0.2, 0.25) is 0 Å². The molecule has 1 atom stereocenters. The first kappa shape index (κ1) is 22.8. The number of nitrogens with one attached hydrogen (secondary N) is 2. The third-order valence-corrected chi connectivity index (χ3v) is 6.71. The van der Waals surface area contributed by atoms with Crippen LogP contribution in [-0.4, -0.2) is 61.1 Å². The van der Waals surface area contributed by atoms with Crippen molar-refractivity contribution in [1.82, 2.24) is 20.4 Å². The smallest absolute Gasteiger partial charge is 0.191 e. The van der Waals surface area contributed by atoms with Crippen LogP contribution in [0.1, 0.15) is 56.1 Å². The van der Waals surface area contributed by atoms with Crippen molar-refractivity contribution >= 4 is 29.9 Å². The molecule has 4 rings (SSSR count). The van der Waals surface area contributed by atoms with E-state index in [0.29, 0.717) is 6.04 Å². The summed E-state index contributed by atoms with van der Waals surface area (Å²) < 4.78 is 0. The molecule has 0 radical (unpaired) electrons. The van der Waals surface area contributed by atoms with Gasteiger partial charge in [-0.05, 0) is 56.3 Å². The number of hydrogen-bond donors (Lipinski definition) is 2. The number of guanidine groups is 1. The molecule has 1 aromatic carbocycles. The summed E-state index contributed by atoms with van der Waals surface area (Å²) in [6.07, 6.45) is 9.56. The maximum absolute atomic E-state index is 4.44. The number of likely N-dealkylation sites (tertiary alicyclic amines) is 2. The fourth-order valence-corrected chi connectivity index (χ4v) is 5.04. The molecule has 1 saturated carbocycles. The average Bonchev–Trinajstić information content (AvgIpc) is 3.48. The number of rotatable bonds is 6. The molecule has 1 unspecified atom stereocenters. The van der Waals surface area contributed by atoms with E-state index in [1.807, 2.05) is 7.05 Å². The fourth-order valence-electron chi connectivity index (χ4n) is 5.04. The van der Waals surface area contributed by atoms with Crippen LogP contribution in [0.25, 0.3) is 0 Å². The Kier molecular flexibility index (Phi) is 9.06. The standard InChI is InChI=1S/C23H37N5.HI/c1-24-23(26-21-12-15-28(18-21)22-6-2-3-7-22)25-16-19-8-10-20(11-9-19)17-27-13-4-5-14-27;/h8-11,21-22H,2-7,12-18H2,1H3,(H2,24,25,26);1H. The first-order chi connectivity index (χ1) is 13.8. The van der Waals surface area contributed by atoms with Crippen LogP contribution in [0.2, 0.25) is 0 Å². The van der Waals surface area contributed by atoms with E-state index in [1.165, 1.54) is 75.7 Å². The third kappa shape index (κ3) is 6.56. The Morgan fingerprint density at radius 2 is 1.66 bits per heavy atom. The van der Waals surface area contributed by atoms with Gasteiger partial charge in [0, 0.05) is 45.3 Å². The van der Waals surface area contributed by atoms with E-state index in [2.05, 4.69) is 49.7 Å². The average molecular weight is 511 g/mol. The third-order valence-electron chi connectivity index (χ3n) is 6.71. The van der Waals surface area contributed by atoms with Gasteiger partial charge in [-0.25, -0.2) is 0 Å². The van der Waals surface area contributed by atoms with Crippen molar-refractivity contribution in [2.75, 3.05) is 33.2 Å². The largest absolute Gasteiger partial charge is 0.352 e. The minimum absolute atomic E-state index is 0. The summed E-state index contributed by atoms with van der Waals surface area (Å²) in [6.45, 7) is 6.82. The zero-order chi connectivity index (χ0) is 19.2. The van der Waals surface area contributed by atoms with Crippen molar-refractivity contribution in [3.8, 4) is 0 Å². The van der Waals surface area contributed by atoms with Crippen LogP contribution in [0, 0.1) is 0 Å². The Labute approximate surface area is 193 Å². The summed E-state index contributed by atoms with van der Waals surface area (Å²) in [7, 11) is 1.87. The summed E-state index contributed by atoms with van der Waals surface area (Å²) in [5, 5.41) is 7.14. The van der Waals surface area contributed by atoms with Crippen LogP contribution in [0.5, 0.6) is 0 Å². The van der Waals surface area contributed by atoms with Crippen molar-refractivity contribution in [1.29, 1.82) is 0 Å². The summed E-state index contributed by atoms with van der Waals surface area (Å²) in [5.41, 5.74) is 2.73. The first-order valence-corrected chi connectivity index (χ1v) is 11.3. The van der Waals surface area contributed by atoms with Crippen LogP contribution in [0.4, 0.5) is 0 Å². The zero-order valence-corrected chi connectivity index (χ0v) is 20.2. The highest BCUT2D eigenvalue weighted by Crippen LogP contribution is 2.26. The number of benzene rings is 1. The van der Waals surface area contributed by atoms with Gasteiger partial charge in [0.25, 0.3) is 0 Å². The molecule has 5 nitrogen and oxygen atoms in total. The van der Waals surface area contributed by atoms with Crippen molar-refractivity contribution in [3.05, 3.63) is 35.4 Å². The lowest BCUT2D eigenvalue weighted by Gasteiger charge is -2.24. The molecule has 3 fully saturated rings. The van der Waals surface area contributed by atoms with Crippen molar-refractivity contribution in [2.45, 2.75) is 70.1 Å². The van der Waals surface area contributed by atoms with E-state index in [0.717, 1.165) is 31.6 Å². The van der Waals surface area contributed by atoms with E-state index >= 15 is 0 Å². The Bertz CT molecular complexity index is 635.